The number of nitrogens with zero attached hydrogens (tertiary/aromatic N) is 2. The molecule has 4 N–H and O–H groups in total. The van der Waals surface area contributed by atoms with Crippen LogP contribution in [0.15, 0.2) is 71.7 Å². The van der Waals surface area contributed by atoms with Gasteiger partial charge in [0.05, 0.1) is 12.2 Å². The second-order valence-electron chi connectivity index (χ2n) is 9.93. The number of hydrogen-bond acceptors (Lipinski definition) is 8. The minimum absolute atomic E-state index is 0.0725. The number of carbonyl (C=O) groups is 3. The number of Topliss-reactive ketones (excluding diaryl/α,β-unsaturated/α-hetero) is 1. The van der Waals surface area contributed by atoms with Crippen LogP contribution in [0.5, 0.6) is 5.75 Å². The van der Waals surface area contributed by atoms with Crippen LogP contribution in [-0.2, 0) is 29.0 Å². The summed E-state index contributed by atoms with van der Waals surface area (Å²) in [7, 11) is -9.13. The minimum atomic E-state index is -4.94. The molecule has 2 aromatic carbocycles. The fourth-order valence-corrected chi connectivity index (χ4v) is 6.26. The molecule has 0 spiro atoms. The van der Waals surface area contributed by atoms with Gasteiger partial charge in [0.2, 0.25) is 15.9 Å². The summed E-state index contributed by atoms with van der Waals surface area (Å²) in [5.74, 6) is -6.23. The predicted molar refractivity (Wildman–Crippen MR) is 159 cm³/mol. The Morgan fingerprint density at radius 2 is 1.70 bits per heavy atom. The Kier molecular flexibility index (Phi) is 10.8. The highest BCUT2D eigenvalue weighted by atomic mass is 32.2. The molecule has 1 aliphatic rings. The van der Waals surface area contributed by atoms with Crippen LogP contribution >= 0.6 is 7.82 Å². The Bertz CT molecular complexity index is 1530. The average Bonchev–Trinajstić information content (AvgIpc) is 3.43. The quantitative estimate of drug-likeness (QED) is 0.211. The number of amides is 1. The van der Waals surface area contributed by atoms with Crippen LogP contribution in [0.25, 0.3) is 0 Å². The first kappa shape index (κ1) is 33.8. The number of hydrogen-bond donors (Lipinski definition) is 4. The van der Waals surface area contributed by atoms with E-state index in [0.717, 1.165) is 18.4 Å². The highest BCUT2D eigenvalue weighted by Gasteiger charge is 2.55. The van der Waals surface area contributed by atoms with Crippen molar-refractivity contribution < 1.29 is 46.8 Å². The molecule has 232 valence electrons. The first-order valence-corrected chi connectivity index (χ1v) is 16.7. The summed E-state index contributed by atoms with van der Waals surface area (Å²) < 4.78 is 43.0. The number of nitrogens with one attached hydrogen (secondary N) is 1. The number of benzene rings is 2. The number of carboxylic acid groups (broad SMARTS) is 1. The van der Waals surface area contributed by atoms with E-state index in [9.17, 15) is 42.3 Å². The van der Waals surface area contributed by atoms with Crippen molar-refractivity contribution in [2.75, 3.05) is 17.7 Å². The maximum atomic E-state index is 14.8. The van der Waals surface area contributed by atoms with E-state index in [1.54, 1.807) is 37.3 Å². The van der Waals surface area contributed by atoms with Crippen LogP contribution in [0.1, 0.15) is 38.2 Å². The van der Waals surface area contributed by atoms with Gasteiger partial charge in [-0.15, -0.1) is 0 Å². The van der Waals surface area contributed by atoms with Crippen LogP contribution in [0.2, 0.25) is 0 Å². The van der Waals surface area contributed by atoms with Gasteiger partial charge in [-0.05, 0) is 48.4 Å². The lowest BCUT2D eigenvalue weighted by Crippen LogP contribution is -2.58. The normalized spacial score (nSPS) is 18.5. The Hall–Kier alpha value is -3.68. The molecule has 13 nitrogen and oxygen atoms in total. The SMILES string of the molecule is CCCN(C(=O)C(C(c1ccc(OP(=O)(O)O)cc1)C(NS(C)(=O)=O)C(=O)O)C1(C(=O)CC)C=CC=N1)c1ccccc1. The zero-order chi connectivity index (χ0) is 32.0. The summed E-state index contributed by atoms with van der Waals surface area (Å²) >= 11 is 0. The predicted octanol–water partition coefficient (Wildman–Crippen LogP) is 2.66. The molecule has 1 aliphatic heterocycles. The Labute approximate surface area is 249 Å². The molecule has 2 aromatic rings. The number of carboxylic acids is 1. The van der Waals surface area contributed by atoms with Gasteiger partial charge in [0.1, 0.15) is 17.3 Å². The lowest BCUT2D eigenvalue weighted by Gasteiger charge is -2.41. The van der Waals surface area contributed by atoms with E-state index >= 15 is 0 Å². The van der Waals surface area contributed by atoms with Gasteiger partial charge >= 0.3 is 13.8 Å². The number of phosphoric ester groups is 1. The third-order valence-corrected chi connectivity index (χ3v) is 7.96. The standard InChI is InChI=1S/C28H34N3O10PS/c1-4-18-31(20-10-7-6-8-11-20)26(33)24(28(22(32)5-2)16-9-17-29-28)23(25(27(34)35)30-43(3,39)40)19-12-14-21(15-13-19)41-42(36,37)38/h6-17,23-25,30H,4-5,18H2,1-3H3,(H,34,35)(H2,36,37,38). The number of phosphoric acid groups is 1. The summed E-state index contributed by atoms with van der Waals surface area (Å²) in [5, 5.41) is 10.4. The third-order valence-electron chi connectivity index (χ3n) is 6.83. The van der Waals surface area contributed by atoms with Crippen LogP contribution in [0.3, 0.4) is 0 Å². The van der Waals surface area contributed by atoms with Gasteiger partial charge < -0.3 is 14.5 Å². The van der Waals surface area contributed by atoms with Crippen molar-refractivity contribution in [1.82, 2.24) is 4.72 Å². The van der Waals surface area contributed by atoms with E-state index < -0.39 is 58.9 Å². The molecule has 4 unspecified atom stereocenters. The van der Waals surface area contributed by atoms with E-state index in [0.29, 0.717) is 12.1 Å². The zero-order valence-corrected chi connectivity index (χ0v) is 25.4. The molecule has 0 saturated heterocycles. The van der Waals surface area contributed by atoms with Gasteiger partial charge in [-0.2, -0.15) is 0 Å². The van der Waals surface area contributed by atoms with Crippen molar-refractivity contribution in [3.05, 3.63) is 72.3 Å². The van der Waals surface area contributed by atoms with E-state index in [2.05, 4.69) is 14.2 Å². The molecule has 0 aromatic heterocycles. The van der Waals surface area contributed by atoms with Gasteiger partial charge in [0, 0.05) is 30.8 Å². The van der Waals surface area contributed by atoms with E-state index in [4.69, 9.17) is 0 Å². The highest BCUT2D eigenvalue weighted by Crippen LogP contribution is 2.44. The van der Waals surface area contributed by atoms with Crippen molar-refractivity contribution in [1.29, 1.82) is 0 Å². The lowest BCUT2D eigenvalue weighted by atomic mass is 9.67. The van der Waals surface area contributed by atoms with Gasteiger partial charge in [0.15, 0.2) is 5.78 Å². The topological polar surface area (TPSA) is 200 Å². The van der Waals surface area contributed by atoms with Gasteiger partial charge in [-0.25, -0.2) is 17.7 Å². The number of carbonyl (C=O) groups excluding carboxylic acids is 2. The molecule has 43 heavy (non-hydrogen) atoms. The maximum Gasteiger partial charge on any atom is 0.524 e. The molecule has 3 rings (SSSR count). The number of aliphatic carboxylic acids is 1. The first-order chi connectivity index (χ1) is 20.1. The maximum absolute atomic E-state index is 14.8. The summed E-state index contributed by atoms with van der Waals surface area (Å²) in [5.41, 5.74) is -1.36. The number of ketones is 1. The first-order valence-electron chi connectivity index (χ1n) is 13.3. The summed E-state index contributed by atoms with van der Waals surface area (Å²) in [4.78, 5) is 65.5. The van der Waals surface area contributed by atoms with Crippen LogP contribution < -0.4 is 14.1 Å². The molecule has 4 atom stereocenters. The molecular formula is C28H34N3O10PS. The molecule has 0 radical (unpaired) electrons. The number of para-hydroxylation sites is 1. The van der Waals surface area contributed by atoms with Gasteiger partial charge in [-0.1, -0.05) is 44.2 Å². The van der Waals surface area contributed by atoms with Crippen molar-refractivity contribution in [2.45, 2.75) is 44.2 Å². The van der Waals surface area contributed by atoms with Gasteiger partial charge in [-0.3, -0.25) is 29.2 Å². The van der Waals surface area contributed by atoms with Crippen molar-refractivity contribution in [2.24, 2.45) is 10.9 Å². The fourth-order valence-electron chi connectivity index (χ4n) is 5.16. The molecule has 0 aliphatic carbocycles. The molecular weight excluding hydrogens is 601 g/mol. The Balaban J connectivity index is 2.38. The van der Waals surface area contributed by atoms with Crippen LogP contribution in [0, 0.1) is 5.92 Å². The van der Waals surface area contributed by atoms with E-state index in [-0.39, 0.29) is 24.3 Å². The molecule has 0 bridgehead atoms. The number of rotatable bonds is 15. The third kappa shape index (κ3) is 8.24. The van der Waals surface area contributed by atoms with Crippen LogP contribution in [0.4, 0.5) is 5.69 Å². The highest BCUT2D eigenvalue weighted by molar-refractivity contribution is 7.88. The lowest BCUT2D eigenvalue weighted by molar-refractivity contribution is -0.141. The van der Waals surface area contributed by atoms with Crippen molar-refractivity contribution >= 4 is 47.4 Å². The number of anilines is 1. The molecule has 1 amide bonds. The monoisotopic (exact) mass is 635 g/mol. The fraction of sp³-hybridized carbons (Fsp3) is 0.357. The average molecular weight is 636 g/mol. The zero-order valence-electron chi connectivity index (χ0n) is 23.7. The summed E-state index contributed by atoms with van der Waals surface area (Å²) in [6.07, 6.45) is 5.38. The van der Waals surface area contributed by atoms with Gasteiger partial charge in [0.25, 0.3) is 0 Å². The second kappa shape index (κ2) is 13.7. The van der Waals surface area contributed by atoms with Crippen molar-refractivity contribution in [3.8, 4) is 5.75 Å². The molecule has 0 saturated carbocycles. The summed E-state index contributed by atoms with van der Waals surface area (Å²) in [6, 6.07) is 11.4. The smallest absolute Gasteiger partial charge is 0.480 e. The Morgan fingerprint density at radius 1 is 1.07 bits per heavy atom. The number of aliphatic imine (C=N–C) groups is 1. The molecule has 1 heterocycles. The van der Waals surface area contributed by atoms with Crippen LogP contribution in [-0.4, -0.2) is 71.6 Å². The minimum Gasteiger partial charge on any atom is -0.480 e. The Morgan fingerprint density at radius 3 is 2.16 bits per heavy atom. The largest absolute Gasteiger partial charge is 0.524 e. The molecule has 15 heteroatoms. The number of sulfonamides is 1. The van der Waals surface area contributed by atoms with E-state index in [1.807, 2.05) is 6.92 Å². The second-order valence-corrected chi connectivity index (χ2v) is 12.9. The summed E-state index contributed by atoms with van der Waals surface area (Å²) in [6.45, 7) is 3.59. The number of allylic oxidation sites excluding steroid dienone is 1. The van der Waals surface area contributed by atoms with Crippen molar-refractivity contribution in [3.63, 3.8) is 0 Å². The molecule has 0 fully saturated rings. The van der Waals surface area contributed by atoms with E-state index in [1.165, 1.54) is 35.4 Å².